The zero-order valence-corrected chi connectivity index (χ0v) is 10.3. The Kier molecular flexibility index (Phi) is 4.36. The second-order valence-corrected chi connectivity index (χ2v) is 4.21. The number of rotatable bonds is 5. The van der Waals surface area contributed by atoms with Gasteiger partial charge >= 0.3 is 0 Å². The Morgan fingerprint density at radius 3 is 2.58 bits per heavy atom. The first-order valence-corrected chi connectivity index (χ1v) is 5.98. The maximum absolute atomic E-state index is 13.1. The molecular formula is C15H15FO3. The summed E-state index contributed by atoms with van der Waals surface area (Å²) in [6.45, 7) is 0.00851. The Morgan fingerprint density at radius 1 is 1.11 bits per heavy atom. The van der Waals surface area contributed by atoms with Crippen LogP contribution in [0.25, 0.3) is 0 Å². The molecule has 2 N–H and O–H groups in total. The Hall–Kier alpha value is -2.07. The van der Waals surface area contributed by atoms with Gasteiger partial charge in [-0.3, -0.25) is 0 Å². The Labute approximate surface area is 110 Å². The van der Waals surface area contributed by atoms with Crippen molar-refractivity contribution in [3.05, 3.63) is 59.9 Å². The molecule has 2 aromatic carbocycles. The summed E-state index contributed by atoms with van der Waals surface area (Å²) in [6.07, 6.45) is 0. The number of hydrogen-bond donors (Lipinski definition) is 2. The van der Waals surface area contributed by atoms with E-state index in [1.54, 1.807) is 30.3 Å². The maximum atomic E-state index is 13.1. The molecule has 0 aliphatic rings. The number of ether oxygens (including phenoxy) is 1. The number of aromatic hydroxyl groups is 1. The first-order chi connectivity index (χ1) is 9.20. The molecule has 2 aromatic rings. The number of aliphatic hydroxyl groups excluding tert-OH is 1. The molecule has 0 saturated carbocycles. The van der Waals surface area contributed by atoms with Crippen LogP contribution in [0.1, 0.15) is 11.5 Å². The molecule has 0 bridgehead atoms. The molecule has 1 atom stereocenters. The van der Waals surface area contributed by atoms with Crippen molar-refractivity contribution < 1.29 is 19.3 Å². The topological polar surface area (TPSA) is 49.7 Å². The Balaban J connectivity index is 2.06. The summed E-state index contributed by atoms with van der Waals surface area (Å²) in [5, 5.41) is 18.9. The average Bonchev–Trinajstić information content (AvgIpc) is 2.41. The summed E-state index contributed by atoms with van der Waals surface area (Å²) < 4.78 is 18.6. The molecule has 0 heterocycles. The summed E-state index contributed by atoms with van der Waals surface area (Å²) in [6, 6.07) is 12.6. The van der Waals surface area contributed by atoms with Gasteiger partial charge in [-0.15, -0.1) is 0 Å². The first-order valence-electron chi connectivity index (χ1n) is 5.98. The highest BCUT2D eigenvalue weighted by Gasteiger charge is 2.13. The number of phenols is 1. The fourth-order valence-electron chi connectivity index (χ4n) is 1.78. The minimum atomic E-state index is -0.349. The van der Waals surface area contributed by atoms with Gasteiger partial charge in [0, 0.05) is 5.92 Å². The fourth-order valence-corrected chi connectivity index (χ4v) is 1.78. The molecule has 0 fully saturated rings. The van der Waals surface area contributed by atoms with E-state index in [1.165, 1.54) is 18.2 Å². The Bertz CT molecular complexity index is 542. The number of halogens is 1. The van der Waals surface area contributed by atoms with E-state index < -0.39 is 0 Å². The first kappa shape index (κ1) is 13.4. The van der Waals surface area contributed by atoms with E-state index in [9.17, 15) is 14.6 Å². The molecule has 0 aliphatic heterocycles. The average molecular weight is 262 g/mol. The molecule has 0 aliphatic carbocycles. The molecule has 2 rings (SSSR count). The van der Waals surface area contributed by atoms with Crippen LogP contribution in [0.15, 0.2) is 48.5 Å². The number of phenolic OH excluding ortho intramolecular Hbond substituents is 1. The van der Waals surface area contributed by atoms with Crippen LogP contribution < -0.4 is 4.74 Å². The minimum absolute atomic E-state index is 0.0402. The zero-order valence-electron chi connectivity index (χ0n) is 10.3. The van der Waals surface area contributed by atoms with Gasteiger partial charge in [0.1, 0.15) is 5.82 Å². The third-order valence-corrected chi connectivity index (χ3v) is 2.85. The molecule has 0 amide bonds. The summed E-state index contributed by atoms with van der Waals surface area (Å²) >= 11 is 0. The lowest BCUT2D eigenvalue weighted by Gasteiger charge is -2.16. The molecule has 4 heteroatoms. The summed E-state index contributed by atoms with van der Waals surface area (Å²) in [5.74, 6) is -0.301. The van der Waals surface area contributed by atoms with Crippen molar-refractivity contribution in [1.82, 2.24) is 0 Å². The number of aliphatic hydroxyl groups is 1. The highest BCUT2D eigenvalue weighted by molar-refractivity contribution is 5.38. The van der Waals surface area contributed by atoms with Gasteiger partial charge in [0.05, 0.1) is 13.2 Å². The lowest BCUT2D eigenvalue weighted by Crippen LogP contribution is -2.14. The number of benzene rings is 2. The maximum Gasteiger partial charge on any atom is 0.160 e. The van der Waals surface area contributed by atoms with Crippen LogP contribution in [-0.4, -0.2) is 23.4 Å². The van der Waals surface area contributed by atoms with Gasteiger partial charge in [0.2, 0.25) is 0 Å². The van der Waals surface area contributed by atoms with Crippen molar-refractivity contribution >= 4 is 0 Å². The third-order valence-electron chi connectivity index (χ3n) is 2.85. The molecular weight excluding hydrogens is 247 g/mol. The normalized spacial score (nSPS) is 12.1. The quantitative estimate of drug-likeness (QED) is 0.871. The van der Waals surface area contributed by atoms with Crippen molar-refractivity contribution in [2.75, 3.05) is 13.2 Å². The highest BCUT2D eigenvalue weighted by Crippen LogP contribution is 2.26. The third kappa shape index (κ3) is 3.45. The van der Waals surface area contributed by atoms with Gasteiger partial charge in [-0.05, 0) is 29.8 Å². The van der Waals surface area contributed by atoms with E-state index in [4.69, 9.17) is 4.74 Å². The van der Waals surface area contributed by atoms with E-state index in [-0.39, 0.29) is 30.7 Å². The largest absolute Gasteiger partial charge is 0.504 e. The van der Waals surface area contributed by atoms with E-state index in [0.29, 0.717) is 11.3 Å². The van der Waals surface area contributed by atoms with Crippen molar-refractivity contribution in [2.45, 2.75) is 5.92 Å². The fraction of sp³-hybridized carbons (Fsp3) is 0.200. The van der Waals surface area contributed by atoms with Crippen LogP contribution in [-0.2, 0) is 0 Å². The van der Waals surface area contributed by atoms with Crippen molar-refractivity contribution in [1.29, 1.82) is 0 Å². The molecule has 0 spiro atoms. The summed E-state index contributed by atoms with van der Waals surface area (Å²) in [5.41, 5.74) is 0.665. The van der Waals surface area contributed by atoms with E-state index in [2.05, 4.69) is 0 Å². The zero-order chi connectivity index (χ0) is 13.7. The molecule has 0 radical (unpaired) electrons. The van der Waals surface area contributed by atoms with Crippen LogP contribution >= 0.6 is 0 Å². The summed E-state index contributed by atoms with van der Waals surface area (Å²) in [7, 11) is 0. The predicted octanol–water partition coefficient (Wildman–Crippen LogP) is 2.69. The lowest BCUT2D eigenvalue weighted by molar-refractivity contribution is 0.201. The van der Waals surface area contributed by atoms with Gasteiger partial charge < -0.3 is 14.9 Å². The second kappa shape index (κ2) is 6.20. The Morgan fingerprint density at radius 2 is 1.89 bits per heavy atom. The highest BCUT2D eigenvalue weighted by atomic mass is 19.1. The molecule has 0 aromatic heterocycles. The van der Waals surface area contributed by atoms with Gasteiger partial charge in [0.15, 0.2) is 11.5 Å². The van der Waals surface area contributed by atoms with E-state index in [0.717, 1.165) is 0 Å². The molecule has 0 saturated heterocycles. The van der Waals surface area contributed by atoms with Crippen LogP contribution in [0.4, 0.5) is 4.39 Å². The van der Waals surface area contributed by atoms with E-state index in [1.807, 2.05) is 0 Å². The SMILES string of the molecule is OCC(COc1ccccc1O)c1cccc(F)c1. The molecule has 100 valence electrons. The predicted molar refractivity (Wildman–Crippen MR) is 69.8 cm³/mol. The van der Waals surface area contributed by atoms with Crippen LogP contribution in [0.5, 0.6) is 11.5 Å². The molecule has 1 unspecified atom stereocenters. The van der Waals surface area contributed by atoms with Gasteiger partial charge in [-0.2, -0.15) is 0 Å². The molecule has 19 heavy (non-hydrogen) atoms. The number of hydrogen-bond acceptors (Lipinski definition) is 3. The van der Waals surface area contributed by atoms with Crippen LogP contribution in [0.2, 0.25) is 0 Å². The summed E-state index contributed by atoms with van der Waals surface area (Å²) in [4.78, 5) is 0. The van der Waals surface area contributed by atoms with Crippen LogP contribution in [0.3, 0.4) is 0 Å². The van der Waals surface area contributed by atoms with Gasteiger partial charge in [-0.25, -0.2) is 4.39 Å². The minimum Gasteiger partial charge on any atom is -0.504 e. The smallest absolute Gasteiger partial charge is 0.160 e. The second-order valence-electron chi connectivity index (χ2n) is 4.21. The lowest BCUT2D eigenvalue weighted by atomic mass is 10.0. The van der Waals surface area contributed by atoms with Crippen molar-refractivity contribution in [2.24, 2.45) is 0 Å². The van der Waals surface area contributed by atoms with Crippen LogP contribution in [0, 0.1) is 5.82 Å². The monoisotopic (exact) mass is 262 g/mol. The van der Waals surface area contributed by atoms with Crippen molar-refractivity contribution in [3.63, 3.8) is 0 Å². The molecule has 3 nitrogen and oxygen atoms in total. The van der Waals surface area contributed by atoms with Gasteiger partial charge in [0.25, 0.3) is 0 Å². The van der Waals surface area contributed by atoms with E-state index >= 15 is 0 Å². The standard InChI is InChI=1S/C15H15FO3/c16-13-5-3-4-11(8-13)12(9-17)10-19-15-7-2-1-6-14(15)18/h1-8,12,17-18H,9-10H2. The van der Waals surface area contributed by atoms with Gasteiger partial charge in [-0.1, -0.05) is 24.3 Å². The number of para-hydroxylation sites is 2. The van der Waals surface area contributed by atoms with Crippen molar-refractivity contribution in [3.8, 4) is 11.5 Å².